The molecule has 1 atom stereocenters. The van der Waals surface area contributed by atoms with Crippen LogP contribution >= 0.6 is 0 Å². The molecule has 3 rings (SSSR count). The number of rotatable bonds is 4. The summed E-state index contributed by atoms with van der Waals surface area (Å²) in [6.45, 7) is 3.66. The van der Waals surface area contributed by atoms with Crippen LogP contribution in [0.2, 0.25) is 0 Å². The molecule has 2 N–H and O–H groups in total. The molecule has 2 heterocycles. The van der Waals surface area contributed by atoms with Crippen molar-refractivity contribution in [1.82, 2.24) is 15.2 Å². The fourth-order valence-electron chi connectivity index (χ4n) is 3.79. The van der Waals surface area contributed by atoms with Crippen molar-refractivity contribution in [2.24, 2.45) is 0 Å². The van der Waals surface area contributed by atoms with Gasteiger partial charge in [0, 0.05) is 23.1 Å². The smallest absolute Gasteiger partial charge is 0.237 e. The zero-order chi connectivity index (χ0) is 17.8. The van der Waals surface area contributed by atoms with Crippen LogP contribution in [0.3, 0.4) is 0 Å². The molecule has 132 valence electrons. The molecule has 0 aliphatic carbocycles. The van der Waals surface area contributed by atoms with E-state index in [-0.39, 0.29) is 11.9 Å². The van der Waals surface area contributed by atoms with Crippen LogP contribution in [0.15, 0.2) is 18.2 Å². The number of aryl methyl sites for hydroxylation is 1. The molecule has 25 heavy (non-hydrogen) atoms. The summed E-state index contributed by atoms with van der Waals surface area (Å²) in [7, 11) is 2.04. The molecule has 1 aromatic heterocycles. The highest BCUT2D eigenvalue weighted by atomic mass is 16.2. The lowest BCUT2D eigenvalue weighted by Crippen LogP contribution is -2.45. The van der Waals surface area contributed by atoms with Crippen molar-refractivity contribution >= 4 is 16.8 Å². The Morgan fingerprint density at radius 3 is 3.04 bits per heavy atom. The fourth-order valence-corrected chi connectivity index (χ4v) is 3.79. The summed E-state index contributed by atoms with van der Waals surface area (Å²) in [5.41, 5.74) is 3.99. The molecule has 0 bridgehead atoms. The minimum atomic E-state index is -0.00300. The predicted molar refractivity (Wildman–Crippen MR) is 99.4 cm³/mol. The van der Waals surface area contributed by atoms with Crippen molar-refractivity contribution in [1.29, 1.82) is 5.26 Å². The first kappa shape index (κ1) is 17.5. The van der Waals surface area contributed by atoms with Gasteiger partial charge in [-0.3, -0.25) is 9.69 Å². The molecule has 2 aromatic rings. The van der Waals surface area contributed by atoms with Crippen LogP contribution in [0.5, 0.6) is 0 Å². The van der Waals surface area contributed by atoms with E-state index >= 15 is 0 Å². The van der Waals surface area contributed by atoms with E-state index in [0.29, 0.717) is 12.1 Å². The molecule has 0 radical (unpaired) electrons. The van der Waals surface area contributed by atoms with Gasteiger partial charge in [0.15, 0.2) is 0 Å². The van der Waals surface area contributed by atoms with E-state index in [1.54, 1.807) is 0 Å². The molecule has 0 spiro atoms. The van der Waals surface area contributed by atoms with Gasteiger partial charge in [-0.15, -0.1) is 0 Å². The number of hydrogen-bond acceptors (Lipinski definition) is 3. The standard InChI is InChI=1S/C20H26N4O/c1-14-16(17-12-15(13-21)7-8-18(17)23-14)9-10-22-20(25)19-6-4-3-5-11-24(19)2/h7-8,12,19,23H,3-6,9-11H2,1-2H3,(H,22,25). The average Bonchev–Trinajstić information content (AvgIpc) is 2.77. The maximum absolute atomic E-state index is 12.5. The van der Waals surface area contributed by atoms with Gasteiger partial charge >= 0.3 is 0 Å². The zero-order valence-electron chi connectivity index (χ0n) is 15.1. The highest BCUT2D eigenvalue weighted by molar-refractivity contribution is 5.86. The van der Waals surface area contributed by atoms with Gasteiger partial charge < -0.3 is 10.3 Å². The summed E-state index contributed by atoms with van der Waals surface area (Å²) in [5, 5.41) is 13.3. The quantitative estimate of drug-likeness (QED) is 0.900. The molecule has 5 nitrogen and oxygen atoms in total. The number of carbonyl (C=O) groups is 1. The molecule has 1 fully saturated rings. The number of H-pyrrole nitrogens is 1. The monoisotopic (exact) mass is 338 g/mol. The topological polar surface area (TPSA) is 71.9 Å². The van der Waals surface area contributed by atoms with Gasteiger partial charge in [-0.25, -0.2) is 0 Å². The fraction of sp³-hybridized carbons (Fsp3) is 0.500. The summed E-state index contributed by atoms with van der Waals surface area (Å²) in [4.78, 5) is 18.1. The number of aromatic amines is 1. The van der Waals surface area contributed by atoms with Crippen LogP contribution in [0.1, 0.15) is 42.5 Å². The summed E-state index contributed by atoms with van der Waals surface area (Å²) < 4.78 is 0. The molecule has 0 saturated carbocycles. The highest BCUT2D eigenvalue weighted by Gasteiger charge is 2.24. The Morgan fingerprint density at radius 2 is 2.24 bits per heavy atom. The van der Waals surface area contributed by atoms with E-state index in [2.05, 4.69) is 21.3 Å². The molecule has 1 saturated heterocycles. The first-order valence-electron chi connectivity index (χ1n) is 9.09. The lowest BCUT2D eigenvalue weighted by molar-refractivity contribution is -0.126. The van der Waals surface area contributed by atoms with Crippen LogP contribution in [0.4, 0.5) is 0 Å². The van der Waals surface area contributed by atoms with Crippen molar-refractivity contribution < 1.29 is 4.79 Å². The number of nitriles is 1. The zero-order valence-corrected chi connectivity index (χ0v) is 15.1. The first-order valence-corrected chi connectivity index (χ1v) is 9.09. The summed E-state index contributed by atoms with van der Waals surface area (Å²) >= 11 is 0. The third-order valence-corrected chi connectivity index (χ3v) is 5.25. The van der Waals surface area contributed by atoms with E-state index < -0.39 is 0 Å². The SMILES string of the molecule is Cc1[nH]c2ccc(C#N)cc2c1CCNC(=O)C1CCCCCN1C. The maximum Gasteiger partial charge on any atom is 0.237 e. The number of hydrogen-bond donors (Lipinski definition) is 2. The number of benzene rings is 1. The number of nitrogens with zero attached hydrogens (tertiary/aromatic N) is 2. The van der Waals surface area contributed by atoms with Crippen LogP contribution in [-0.2, 0) is 11.2 Å². The molecule has 1 aliphatic rings. The molecule has 1 aromatic carbocycles. The number of aromatic nitrogens is 1. The van der Waals surface area contributed by atoms with Gasteiger partial charge in [0.05, 0.1) is 17.7 Å². The molecule has 5 heteroatoms. The predicted octanol–water partition coefficient (Wildman–Crippen LogP) is 2.88. The van der Waals surface area contributed by atoms with Crippen molar-refractivity contribution in [2.75, 3.05) is 20.1 Å². The number of likely N-dealkylation sites (N-methyl/N-ethyl adjacent to an activating group) is 1. The molecule has 1 unspecified atom stereocenters. The minimum Gasteiger partial charge on any atom is -0.358 e. The Labute approximate surface area is 149 Å². The molecular formula is C20H26N4O. The van der Waals surface area contributed by atoms with Crippen LogP contribution in [0.25, 0.3) is 10.9 Å². The van der Waals surface area contributed by atoms with E-state index in [0.717, 1.165) is 42.4 Å². The first-order chi connectivity index (χ1) is 12.1. The van der Waals surface area contributed by atoms with E-state index in [9.17, 15) is 4.79 Å². The molecular weight excluding hydrogens is 312 g/mol. The largest absolute Gasteiger partial charge is 0.358 e. The van der Waals surface area contributed by atoms with Gasteiger partial charge in [-0.05, 0) is 63.5 Å². The second-order valence-corrected chi connectivity index (χ2v) is 6.99. The number of amides is 1. The number of carbonyl (C=O) groups excluding carboxylic acids is 1. The minimum absolute atomic E-state index is 0.00300. The number of likely N-dealkylation sites (tertiary alicyclic amines) is 1. The van der Waals surface area contributed by atoms with E-state index in [1.807, 2.05) is 32.2 Å². The summed E-state index contributed by atoms with van der Waals surface area (Å²) in [6.07, 6.45) is 5.23. The summed E-state index contributed by atoms with van der Waals surface area (Å²) in [6, 6.07) is 7.89. The van der Waals surface area contributed by atoms with E-state index in [1.165, 1.54) is 18.4 Å². The number of nitrogens with one attached hydrogen (secondary N) is 2. The summed E-state index contributed by atoms with van der Waals surface area (Å²) in [5.74, 6) is 0.139. The Kier molecular flexibility index (Phi) is 5.40. The van der Waals surface area contributed by atoms with Gasteiger partial charge in [-0.1, -0.05) is 12.8 Å². The van der Waals surface area contributed by atoms with Gasteiger partial charge in [-0.2, -0.15) is 5.26 Å². The lowest BCUT2D eigenvalue weighted by atomic mass is 10.1. The normalized spacial score (nSPS) is 18.7. The van der Waals surface area contributed by atoms with Gasteiger partial charge in [0.25, 0.3) is 0 Å². The van der Waals surface area contributed by atoms with E-state index in [4.69, 9.17) is 5.26 Å². The Morgan fingerprint density at radius 1 is 1.40 bits per heavy atom. The maximum atomic E-state index is 12.5. The molecule has 1 amide bonds. The number of fused-ring (bicyclic) bond motifs is 1. The average molecular weight is 338 g/mol. The van der Waals surface area contributed by atoms with Crippen LogP contribution in [-0.4, -0.2) is 42.0 Å². The van der Waals surface area contributed by atoms with Crippen molar-refractivity contribution in [3.8, 4) is 6.07 Å². The second-order valence-electron chi connectivity index (χ2n) is 6.99. The van der Waals surface area contributed by atoms with Gasteiger partial charge in [0.1, 0.15) is 0 Å². The lowest BCUT2D eigenvalue weighted by Gasteiger charge is -2.24. The van der Waals surface area contributed by atoms with Crippen LogP contribution < -0.4 is 5.32 Å². The Hall–Kier alpha value is -2.32. The van der Waals surface area contributed by atoms with Gasteiger partial charge in [0.2, 0.25) is 5.91 Å². The third kappa shape index (κ3) is 3.85. The van der Waals surface area contributed by atoms with Crippen molar-refractivity contribution in [2.45, 2.75) is 45.1 Å². The van der Waals surface area contributed by atoms with Crippen molar-refractivity contribution in [3.63, 3.8) is 0 Å². The van der Waals surface area contributed by atoms with Crippen molar-refractivity contribution in [3.05, 3.63) is 35.0 Å². The van der Waals surface area contributed by atoms with Crippen LogP contribution in [0, 0.1) is 18.3 Å². The highest BCUT2D eigenvalue weighted by Crippen LogP contribution is 2.23. The second kappa shape index (κ2) is 7.71. The third-order valence-electron chi connectivity index (χ3n) is 5.25. The molecule has 1 aliphatic heterocycles. The Balaban J connectivity index is 1.65. The Bertz CT molecular complexity index is 802.